The lowest BCUT2D eigenvalue weighted by atomic mass is 9.76. The summed E-state index contributed by atoms with van der Waals surface area (Å²) in [7, 11) is 0. The molecule has 0 nitrogen and oxygen atoms in total. The average Bonchev–Trinajstić information content (AvgIpc) is 2.74. The van der Waals surface area contributed by atoms with Gasteiger partial charge in [-0.15, -0.1) is 0 Å². The van der Waals surface area contributed by atoms with Crippen molar-refractivity contribution in [1.82, 2.24) is 0 Å². The van der Waals surface area contributed by atoms with Crippen molar-refractivity contribution in [2.75, 3.05) is 0 Å². The van der Waals surface area contributed by atoms with Crippen LogP contribution in [0.1, 0.15) is 36.1 Å². The fourth-order valence-corrected chi connectivity index (χ4v) is 3.99. The molecule has 0 fully saturated rings. The quantitative estimate of drug-likeness (QED) is 0.339. The van der Waals surface area contributed by atoms with Gasteiger partial charge in [0, 0.05) is 5.41 Å². The first-order valence-electron chi connectivity index (χ1n) is 10.3. The van der Waals surface area contributed by atoms with Gasteiger partial charge in [-0.05, 0) is 47.2 Å². The molecular formula is C29H28. The van der Waals surface area contributed by atoms with Crippen molar-refractivity contribution in [3.63, 3.8) is 0 Å². The Morgan fingerprint density at radius 2 is 0.793 bits per heavy atom. The van der Waals surface area contributed by atoms with Crippen molar-refractivity contribution >= 4 is 0 Å². The molecule has 0 aliphatic rings. The summed E-state index contributed by atoms with van der Waals surface area (Å²) in [5.41, 5.74) is 10.3. The van der Waals surface area contributed by atoms with Crippen LogP contribution in [0.4, 0.5) is 0 Å². The van der Waals surface area contributed by atoms with E-state index in [2.05, 4.69) is 125 Å². The summed E-state index contributed by atoms with van der Waals surface area (Å²) in [5.74, 6) is 0. The highest BCUT2D eigenvalue weighted by molar-refractivity contribution is 5.67. The Morgan fingerprint density at radius 1 is 0.448 bits per heavy atom. The van der Waals surface area contributed by atoms with Gasteiger partial charge in [0.05, 0.1) is 0 Å². The lowest BCUT2D eigenvalue weighted by molar-refractivity contribution is 0.641. The van der Waals surface area contributed by atoms with E-state index in [0.717, 1.165) is 0 Å². The second-order valence-electron chi connectivity index (χ2n) is 8.53. The molecule has 0 unspecified atom stereocenters. The van der Waals surface area contributed by atoms with Crippen LogP contribution in [-0.2, 0) is 5.41 Å². The van der Waals surface area contributed by atoms with Gasteiger partial charge in [0.25, 0.3) is 0 Å². The van der Waals surface area contributed by atoms with Gasteiger partial charge in [0.15, 0.2) is 0 Å². The molecule has 29 heavy (non-hydrogen) atoms. The third kappa shape index (κ3) is 4.03. The van der Waals surface area contributed by atoms with Crippen molar-refractivity contribution < 1.29 is 0 Å². The molecule has 4 aromatic carbocycles. The molecule has 0 bridgehead atoms. The van der Waals surface area contributed by atoms with E-state index >= 15 is 0 Å². The molecular weight excluding hydrogens is 348 g/mol. The van der Waals surface area contributed by atoms with Gasteiger partial charge in [-0.1, -0.05) is 122 Å². The molecule has 0 aromatic heterocycles. The van der Waals surface area contributed by atoms with E-state index < -0.39 is 0 Å². The van der Waals surface area contributed by atoms with Crippen molar-refractivity contribution in [3.8, 4) is 22.3 Å². The first-order chi connectivity index (χ1) is 13.9. The minimum Gasteiger partial charge on any atom is -0.0614 e. The van der Waals surface area contributed by atoms with E-state index in [-0.39, 0.29) is 5.41 Å². The van der Waals surface area contributed by atoms with Crippen LogP contribution in [0.5, 0.6) is 0 Å². The smallest absolute Gasteiger partial charge is 0.0147 e. The second-order valence-corrected chi connectivity index (χ2v) is 8.53. The van der Waals surface area contributed by atoms with Crippen LogP contribution in [0.25, 0.3) is 22.3 Å². The Hall–Kier alpha value is -3.12. The number of rotatable bonds is 4. The van der Waals surface area contributed by atoms with Crippen molar-refractivity contribution in [2.24, 2.45) is 0 Å². The summed E-state index contributed by atoms with van der Waals surface area (Å²) in [6.07, 6.45) is 0. The van der Waals surface area contributed by atoms with Gasteiger partial charge >= 0.3 is 0 Å². The maximum absolute atomic E-state index is 2.34. The van der Waals surface area contributed by atoms with Crippen molar-refractivity contribution in [2.45, 2.75) is 33.1 Å². The zero-order chi connectivity index (χ0) is 20.4. The summed E-state index contributed by atoms with van der Waals surface area (Å²) >= 11 is 0. The molecule has 0 aliphatic heterocycles. The predicted molar refractivity (Wildman–Crippen MR) is 125 cm³/mol. The summed E-state index contributed by atoms with van der Waals surface area (Å²) in [6, 6.07) is 35.4. The molecule has 4 rings (SSSR count). The van der Waals surface area contributed by atoms with Crippen LogP contribution >= 0.6 is 0 Å². The fraction of sp³-hybridized carbons (Fsp3) is 0.172. The Kier molecular flexibility index (Phi) is 5.11. The van der Waals surface area contributed by atoms with Crippen molar-refractivity contribution in [1.29, 1.82) is 0 Å². The molecule has 0 N–H and O–H groups in total. The summed E-state index contributed by atoms with van der Waals surface area (Å²) < 4.78 is 0. The molecule has 0 spiro atoms. The third-order valence-electron chi connectivity index (χ3n) is 5.87. The molecule has 0 amide bonds. The molecule has 0 heterocycles. The normalized spacial score (nSPS) is 11.4. The highest BCUT2D eigenvalue weighted by atomic mass is 14.3. The van der Waals surface area contributed by atoms with Gasteiger partial charge < -0.3 is 0 Å². The Bertz CT molecular complexity index is 1060. The molecule has 0 heteroatoms. The Labute approximate surface area is 174 Å². The predicted octanol–water partition coefficient (Wildman–Crippen LogP) is 7.96. The molecule has 0 saturated heterocycles. The molecule has 4 aromatic rings. The topological polar surface area (TPSA) is 0 Å². The van der Waals surface area contributed by atoms with Crippen LogP contribution in [-0.4, -0.2) is 0 Å². The lowest BCUT2D eigenvalue weighted by Crippen LogP contribution is -2.19. The van der Waals surface area contributed by atoms with Crippen molar-refractivity contribution in [3.05, 3.63) is 119 Å². The van der Waals surface area contributed by atoms with E-state index in [0.29, 0.717) is 0 Å². The first-order valence-corrected chi connectivity index (χ1v) is 10.3. The molecule has 0 atom stereocenters. The van der Waals surface area contributed by atoms with E-state index in [1.807, 2.05) is 0 Å². The van der Waals surface area contributed by atoms with Gasteiger partial charge in [-0.25, -0.2) is 0 Å². The summed E-state index contributed by atoms with van der Waals surface area (Å²) in [4.78, 5) is 0. The van der Waals surface area contributed by atoms with E-state index in [9.17, 15) is 0 Å². The van der Waals surface area contributed by atoms with E-state index in [1.54, 1.807) is 0 Å². The molecule has 0 saturated carbocycles. The molecule has 0 radical (unpaired) electrons. The van der Waals surface area contributed by atoms with Gasteiger partial charge in [-0.2, -0.15) is 0 Å². The largest absolute Gasteiger partial charge is 0.0614 e. The Morgan fingerprint density at radius 3 is 1.17 bits per heavy atom. The first kappa shape index (κ1) is 19.2. The highest BCUT2D eigenvalue weighted by Gasteiger charge is 2.24. The number of hydrogen-bond acceptors (Lipinski definition) is 0. The van der Waals surface area contributed by atoms with E-state index in [1.165, 1.54) is 44.5 Å². The van der Waals surface area contributed by atoms with Crippen LogP contribution in [0.3, 0.4) is 0 Å². The van der Waals surface area contributed by atoms with Gasteiger partial charge in [-0.3, -0.25) is 0 Å². The molecule has 0 aliphatic carbocycles. The Balaban J connectivity index is 1.74. The monoisotopic (exact) mass is 376 g/mol. The minimum atomic E-state index is -0.0837. The lowest BCUT2D eigenvalue weighted by Gasteiger charge is -2.27. The SMILES string of the molecule is Cc1cccc(-c2cccc(C(C)(C)c3cccc(-c4cccc(C)c4)c3)c2)c1. The van der Waals surface area contributed by atoms with Gasteiger partial charge in [0.2, 0.25) is 0 Å². The minimum absolute atomic E-state index is 0.0837. The standard InChI is InChI=1S/C29H28/c1-21-9-5-11-23(17-21)25-13-7-15-27(19-25)29(3,4)28-16-8-14-26(20-28)24-12-6-10-22(2)18-24/h5-20H,1-4H3. The summed E-state index contributed by atoms with van der Waals surface area (Å²) in [5, 5.41) is 0. The van der Waals surface area contributed by atoms with E-state index in [4.69, 9.17) is 0 Å². The van der Waals surface area contributed by atoms with Crippen LogP contribution < -0.4 is 0 Å². The second kappa shape index (κ2) is 7.72. The van der Waals surface area contributed by atoms with Crippen LogP contribution in [0.15, 0.2) is 97.1 Å². The zero-order valence-corrected chi connectivity index (χ0v) is 17.7. The summed E-state index contributed by atoms with van der Waals surface area (Å²) in [6.45, 7) is 8.93. The zero-order valence-electron chi connectivity index (χ0n) is 17.7. The van der Waals surface area contributed by atoms with Crippen LogP contribution in [0, 0.1) is 13.8 Å². The van der Waals surface area contributed by atoms with Gasteiger partial charge in [0.1, 0.15) is 0 Å². The fourth-order valence-electron chi connectivity index (χ4n) is 3.99. The average molecular weight is 377 g/mol. The maximum Gasteiger partial charge on any atom is 0.0147 e. The van der Waals surface area contributed by atoms with Crippen LogP contribution in [0.2, 0.25) is 0 Å². The number of hydrogen-bond donors (Lipinski definition) is 0. The highest BCUT2D eigenvalue weighted by Crippen LogP contribution is 2.35. The molecule has 144 valence electrons. The maximum atomic E-state index is 2.34. The number of aryl methyl sites for hydroxylation is 2. The third-order valence-corrected chi connectivity index (χ3v) is 5.87. The number of benzene rings is 4.